The van der Waals surface area contributed by atoms with Crippen LogP contribution in [0.1, 0.15) is 82.9 Å². The van der Waals surface area contributed by atoms with Gasteiger partial charge in [0.15, 0.2) is 0 Å². The number of ether oxygens (including phenoxy) is 1. The second kappa shape index (κ2) is 17.4. The topological polar surface area (TPSA) is 71.1 Å². The number of nitrogens with one attached hydrogen (secondary N) is 3. The molecule has 2 aliphatic rings. The monoisotopic (exact) mass is 613 g/mol. The quantitative estimate of drug-likeness (QED) is 0.224. The number of halogens is 3. The first-order chi connectivity index (χ1) is 21.1. The fourth-order valence-corrected chi connectivity index (χ4v) is 5.77. The molecule has 3 aromatic rings. The van der Waals surface area contributed by atoms with Crippen molar-refractivity contribution in [3.63, 3.8) is 0 Å². The zero-order valence-electron chi connectivity index (χ0n) is 27.2. The highest BCUT2D eigenvalue weighted by atomic mass is 19.3. The third-order valence-electron chi connectivity index (χ3n) is 7.94. The minimum Gasteiger partial charge on any atom is -0.384 e. The molecule has 1 unspecified atom stereocenters. The zero-order valence-corrected chi connectivity index (χ0v) is 27.2. The number of anilines is 3. The van der Waals surface area contributed by atoms with Crippen LogP contribution in [-0.4, -0.2) is 49.0 Å². The lowest BCUT2D eigenvalue weighted by Crippen LogP contribution is -2.24. The minimum absolute atomic E-state index is 0.0188. The van der Waals surface area contributed by atoms with Crippen molar-refractivity contribution in [3.8, 4) is 11.3 Å². The number of hydrogen-bond acceptors (Lipinski definition) is 6. The summed E-state index contributed by atoms with van der Waals surface area (Å²) in [5, 5.41) is 10.2. The summed E-state index contributed by atoms with van der Waals surface area (Å²) in [7, 11) is 2.50. The molecule has 1 saturated carbocycles. The lowest BCUT2D eigenvalue weighted by atomic mass is 9.89. The van der Waals surface area contributed by atoms with E-state index in [0.29, 0.717) is 36.3 Å². The van der Waals surface area contributed by atoms with Crippen molar-refractivity contribution in [1.29, 1.82) is 0 Å². The van der Waals surface area contributed by atoms with E-state index >= 15 is 0 Å². The van der Waals surface area contributed by atoms with Crippen LogP contribution < -0.4 is 16.0 Å². The van der Waals surface area contributed by atoms with Crippen molar-refractivity contribution < 1.29 is 17.9 Å². The lowest BCUT2D eigenvalue weighted by molar-refractivity contribution is 0.00531. The van der Waals surface area contributed by atoms with Gasteiger partial charge in [-0.05, 0) is 95.7 Å². The third kappa shape index (κ3) is 10.8. The molecule has 0 spiro atoms. The first-order valence-electron chi connectivity index (χ1n) is 15.7. The number of benzene rings is 2. The summed E-state index contributed by atoms with van der Waals surface area (Å²) in [4.78, 5) is 8.88. The van der Waals surface area contributed by atoms with Gasteiger partial charge in [-0.3, -0.25) is 4.39 Å². The summed E-state index contributed by atoms with van der Waals surface area (Å²) in [6.07, 6.45) is 7.24. The van der Waals surface area contributed by atoms with Crippen LogP contribution >= 0.6 is 0 Å². The van der Waals surface area contributed by atoms with Crippen LogP contribution in [-0.2, 0) is 17.6 Å². The van der Waals surface area contributed by atoms with Gasteiger partial charge >= 0.3 is 0 Å². The van der Waals surface area contributed by atoms with Gasteiger partial charge in [-0.1, -0.05) is 37.5 Å². The predicted octanol–water partition coefficient (Wildman–Crippen LogP) is 8.91. The lowest BCUT2D eigenvalue weighted by Gasteiger charge is -2.23. The minimum atomic E-state index is -2.51. The van der Waals surface area contributed by atoms with Crippen molar-refractivity contribution in [2.45, 2.75) is 90.7 Å². The van der Waals surface area contributed by atoms with Crippen molar-refractivity contribution >= 4 is 17.2 Å². The van der Waals surface area contributed by atoms with E-state index in [2.05, 4.69) is 64.9 Å². The van der Waals surface area contributed by atoms with Gasteiger partial charge < -0.3 is 20.7 Å². The van der Waals surface area contributed by atoms with Gasteiger partial charge in [-0.15, -0.1) is 0 Å². The Kier molecular flexibility index (Phi) is 13.9. The van der Waals surface area contributed by atoms with Gasteiger partial charge in [-0.2, -0.15) is 0 Å². The SMILES string of the molecule is CCOC(C)(C)C.CF.CNC1Cc2ccc(Nc3cc(-c4ccc(C(F)F)cc4NCC4CCCCC4)ncn3)cc2C1. The molecule has 0 aliphatic heterocycles. The first-order valence-corrected chi connectivity index (χ1v) is 15.7. The molecule has 2 aliphatic carbocycles. The highest BCUT2D eigenvalue weighted by Crippen LogP contribution is 2.34. The van der Waals surface area contributed by atoms with E-state index in [9.17, 15) is 13.2 Å². The Morgan fingerprint density at radius 1 is 0.932 bits per heavy atom. The molecule has 0 radical (unpaired) electrons. The van der Waals surface area contributed by atoms with E-state index in [1.807, 2.05) is 20.0 Å². The number of nitrogens with zero attached hydrogens (tertiary/aromatic N) is 2. The van der Waals surface area contributed by atoms with Crippen LogP contribution in [0.25, 0.3) is 11.3 Å². The summed E-state index contributed by atoms with van der Waals surface area (Å²) in [5.41, 5.74) is 5.99. The van der Waals surface area contributed by atoms with E-state index < -0.39 is 6.43 Å². The third-order valence-corrected chi connectivity index (χ3v) is 7.94. The maximum Gasteiger partial charge on any atom is 0.263 e. The maximum atomic E-state index is 13.5. The molecule has 3 N–H and O–H groups in total. The number of likely N-dealkylation sites (N-methyl/N-ethyl adjacent to an activating group) is 1. The zero-order chi connectivity index (χ0) is 32.1. The number of hydrogen-bond donors (Lipinski definition) is 3. The molecule has 2 aromatic carbocycles. The van der Waals surface area contributed by atoms with E-state index in [0.717, 1.165) is 37.2 Å². The Morgan fingerprint density at radius 3 is 2.30 bits per heavy atom. The van der Waals surface area contributed by atoms with Gasteiger partial charge in [0.2, 0.25) is 0 Å². The Bertz CT molecular complexity index is 1290. The van der Waals surface area contributed by atoms with Crippen molar-refractivity contribution in [2.24, 2.45) is 5.92 Å². The van der Waals surface area contributed by atoms with Gasteiger partial charge in [0.25, 0.3) is 6.43 Å². The van der Waals surface area contributed by atoms with Crippen LogP contribution in [0.15, 0.2) is 48.8 Å². The molecule has 9 heteroatoms. The molecule has 1 fully saturated rings. The second-order valence-electron chi connectivity index (χ2n) is 12.3. The van der Waals surface area contributed by atoms with Crippen molar-refractivity contribution in [1.82, 2.24) is 15.3 Å². The largest absolute Gasteiger partial charge is 0.384 e. The molecule has 0 saturated heterocycles. The van der Waals surface area contributed by atoms with Crippen LogP contribution in [0.5, 0.6) is 0 Å². The van der Waals surface area contributed by atoms with Crippen LogP contribution in [0.4, 0.5) is 30.4 Å². The highest BCUT2D eigenvalue weighted by Gasteiger charge is 2.20. The van der Waals surface area contributed by atoms with Gasteiger partial charge in [0, 0.05) is 47.8 Å². The summed E-state index contributed by atoms with van der Waals surface area (Å²) < 4.78 is 41.6. The molecule has 5 rings (SSSR count). The molecular weight excluding hydrogens is 563 g/mol. The smallest absolute Gasteiger partial charge is 0.263 e. The molecular formula is C35H50F3N5O. The highest BCUT2D eigenvalue weighted by molar-refractivity contribution is 5.78. The van der Waals surface area contributed by atoms with Gasteiger partial charge in [0.05, 0.1) is 18.5 Å². The standard InChI is InChI=1S/C28H33F2N5.C6H14O.CH3F/c1-31-23-11-19-7-9-22(12-21(19)13-23)35-27-15-26(33-17-34-27)24-10-8-20(28(29)30)14-25(24)32-16-18-5-3-2-4-6-18;1-5-7-6(2,3)4;1-2/h7-10,12,14-15,17-18,23,28,31-32H,2-6,11,13,16H2,1H3,(H,33,34,35);5H2,1-4H3;1H3. The number of rotatable bonds is 9. The predicted molar refractivity (Wildman–Crippen MR) is 176 cm³/mol. The van der Waals surface area contributed by atoms with Gasteiger partial charge in [0.1, 0.15) is 12.1 Å². The van der Waals surface area contributed by atoms with E-state index in [1.54, 1.807) is 12.1 Å². The maximum absolute atomic E-state index is 13.5. The molecule has 1 atom stereocenters. The summed E-state index contributed by atoms with van der Waals surface area (Å²) in [5.74, 6) is 1.26. The fraction of sp³-hybridized carbons (Fsp3) is 0.543. The van der Waals surface area contributed by atoms with Crippen LogP contribution in [0.3, 0.4) is 0 Å². The number of fused-ring (bicyclic) bond motifs is 1. The molecule has 44 heavy (non-hydrogen) atoms. The van der Waals surface area contributed by atoms with E-state index in [-0.39, 0.29) is 11.2 Å². The summed E-state index contributed by atoms with van der Waals surface area (Å²) >= 11 is 0. The average Bonchev–Trinajstić information content (AvgIpc) is 3.44. The second-order valence-corrected chi connectivity index (χ2v) is 12.3. The fourth-order valence-electron chi connectivity index (χ4n) is 5.77. The molecule has 242 valence electrons. The first kappa shape index (κ1) is 35.3. The van der Waals surface area contributed by atoms with Crippen molar-refractivity contribution in [2.75, 3.05) is 38.0 Å². The van der Waals surface area contributed by atoms with Crippen LogP contribution in [0.2, 0.25) is 0 Å². The molecule has 6 nitrogen and oxygen atoms in total. The van der Waals surface area contributed by atoms with Crippen molar-refractivity contribution in [3.05, 3.63) is 65.5 Å². The van der Waals surface area contributed by atoms with E-state index in [4.69, 9.17) is 4.74 Å². The Hall–Kier alpha value is -3.17. The number of aromatic nitrogens is 2. The normalized spacial score (nSPS) is 16.4. The summed E-state index contributed by atoms with van der Waals surface area (Å²) in [6.45, 7) is 9.76. The Balaban J connectivity index is 0.000000520. The molecule has 1 aromatic heterocycles. The molecule has 1 heterocycles. The number of alkyl halides is 3. The van der Waals surface area contributed by atoms with E-state index in [1.165, 1.54) is 55.6 Å². The molecule has 0 amide bonds. The van der Waals surface area contributed by atoms with Gasteiger partial charge in [-0.25, -0.2) is 18.7 Å². The average molecular weight is 614 g/mol. The Labute approximate surface area is 261 Å². The molecule has 0 bridgehead atoms. The Morgan fingerprint density at radius 2 is 1.66 bits per heavy atom. The summed E-state index contributed by atoms with van der Waals surface area (Å²) in [6, 6.07) is 13.6. The van der Waals surface area contributed by atoms with Crippen LogP contribution in [0, 0.1) is 5.92 Å².